The first-order valence-corrected chi connectivity index (χ1v) is 7.68. The number of β-lactam (4-membered cyclic amide) rings is 1. The van der Waals surface area contributed by atoms with Gasteiger partial charge in [-0.2, -0.15) is 8.42 Å². The number of carbonyl (C=O) groups is 1. The molecule has 20 heavy (non-hydrogen) atoms. The van der Waals surface area contributed by atoms with E-state index in [1.165, 1.54) is 12.1 Å². The van der Waals surface area contributed by atoms with Crippen LogP contribution in [0.5, 0.6) is 0 Å². The van der Waals surface area contributed by atoms with Gasteiger partial charge in [0.05, 0.1) is 24.0 Å². The molecule has 1 aliphatic rings. The Labute approximate surface area is 118 Å². The first kappa shape index (κ1) is 15.0. The van der Waals surface area contributed by atoms with Crippen LogP contribution in [0.15, 0.2) is 29.2 Å². The monoisotopic (exact) mass is 299 g/mol. The van der Waals surface area contributed by atoms with Crippen molar-refractivity contribution in [1.29, 1.82) is 0 Å². The van der Waals surface area contributed by atoms with E-state index in [2.05, 4.69) is 5.32 Å². The minimum absolute atomic E-state index is 0.0737. The number of benzene rings is 1. The van der Waals surface area contributed by atoms with E-state index >= 15 is 0 Å². The summed E-state index contributed by atoms with van der Waals surface area (Å²) in [5, 5.41) is 2.54. The van der Waals surface area contributed by atoms with Crippen molar-refractivity contribution in [3.05, 3.63) is 29.8 Å². The fourth-order valence-electron chi connectivity index (χ4n) is 1.69. The van der Waals surface area contributed by atoms with Gasteiger partial charge in [0.2, 0.25) is 5.91 Å². The second kappa shape index (κ2) is 5.90. The molecule has 1 aromatic rings. The Morgan fingerprint density at radius 3 is 2.50 bits per heavy atom. The maximum absolute atomic E-state index is 11.9. The second-order valence-electron chi connectivity index (χ2n) is 4.76. The molecular weight excluding hydrogens is 282 g/mol. The lowest BCUT2D eigenvalue weighted by molar-refractivity contribution is -0.146. The van der Waals surface area contributed by atoms with Gasteiger partial charge in [-0.15, -0.1) is 0 Å². The third-order valence-electron chi connectivity index (χ3n) is 2.86. The number of rotatable bonds is 6. The lowest BCUT2D eigenvalue weighted by atomic mass is 10.2. The SMILES string of the molecule is Cc1ccc(S(=O)(=O)OC[C@H](C)O[C@H]2CC(=O)N2)cc1. The molecule has 0 saturated carbocycles. The third kappa shape index (κ3) is 3.78. The number of aryl methyl sites for hydroxylation is 1. The zero-order valence-electron chi connectivity index (χ0n) is 11.3. The Hall–Kier alpha value is -1.44. The summed E-state index contributed by atoms with van der Waals surface area (Å²) in [4.78, 5) is 10.8. The van der Waals surface area contributed by atoms with Crippen LogP contribution in [0, 0.1) is 6.92 Å². The van der Waals surface area contributed by atoms with Crippen LogP contribution in [-0.4, -0.2) is 33.3 Å². The molecule has 1 aromatic carbocycles. The van der Waals surface area contributed by atoms with Crippen molar-refractivity contribution in [3.63, 3.8) is 0 Å². The van der Waals surface area contributed by atoms with Gasteiger partial charge >= 0.3 is 0 Å². The molecule has 0 unspecified atom stereocenters. The van der Waals surface area contributed by atoms with Crippen molar-refractivity contribution < 1.29 is 22.1 Å². The molecule has 1 N–H and O–H groups in total. The van der Waals surface area contributed by atoms with Crippen molar-refractivity contribution in [2.75, 3.05) is 6.61 Å². The molecular formula is C13H17NO5S. The molecule has 1 saturated heterocycles. The van der Waals surface area contributed by atoms with Crippen LogP contribution in [0.2, 0.25) is 0 Å². The molecule has 0 aliphatic carbocycles. The number of ether oxygens (including phenoxy) is 1. The van der Waals surface area contributed by atoms with Crippen LogP contribution in [0.3, 0.4) is 0 Å². The van der Waals surface area contributed by atoms with Gasteiger partial charge in [0.1, 0.15) is 6.23 Å². The standard InChI is InChI=1S/C13H17NO5S/c1-9-3-5-11(6-4-9)20(16,17)18-8-10(2)19-13-7-12(15)14-13/h3-6,10,13H,7-8H2,1-2H3,(H,14,15)/t10-,13-/m0/s1. The van der Waals surface area contributed by atoms with Gasteiger partial charge in [-0.05, 0) is 26.0 Å². The van der Waals surface area contributed by atoms with E-state index in [1.54, 1.807) is 19.1 Å². The van der Waals surface area contributed by atoms with Gasteiger partial charge in [0, 0.05) is 0 Å². The van der Waals surface area contributed by atoms with Crippen molar-refractivity contribution in [2.24, 2.45) is 0 Å². The van der Waals surface area contributed by atoms with E-state index in [9.17, 15) is 13.2 Å². The fraction of sp³-hybridized carbons (Fsp3) is 0.462. The zero-order chi connectivity index (χ0) is 14.8. The van der Waals surface area contributed by atoms with E-state index in [0.29, 0.717) is 6.42 Å². The molecule has 110 valence electrons. The quantitative estimate of drug-likeness (QED) is 0.625. The lowest BCUT2D eigenvalue weighted by Gasteiger charge is -2.29. The van der Waals surface area contributed by atoms with Crippen molar-refractivity contribution in [3.8, 4) is 0 Å². The highest BCUT2D eigenvalue weighted by molar-refractivity contribution is 7.86. The molecule has 0 aromatic heterocycles. The summed E-state index contributed by atoms with van der Waals surface area (Å²) >= 11 is 0. The van der Waals surface area contributed by atoms with Crippen molar-refractivity contribution >= 4 is 16.0 Å². The summed E-state index contributed by atoms with van der Waals surface area (Å²) in [5.74, 6) is -0.0737. The van der Waals surface area contributed by atoms with Crippen LogP contribution in [0.4, 0.5) is 0 Å². The molecule has 0 radical (unpaired) electrons. The summed E-state index contributed by atoms with van der Waals surface area (Å²) in [6.07, 6.45) is -0.473. The summed E-state index contributed by atoms with van der Waals surface area (Å²) in [6.45, 7) is 3.47. The Kier molecular flexibility index (Phi) is 4.42. The molecule has 0 spiro atoms. The normalized spacial score (nSPS) is 20.1. The van der Waals surface area contributed by atoms with Crippen molar-refractivity contribution in [2.45, 2.75) is 37.5 Å². The van der Waals surface area contributed by atoms with Gasteiger partial charge in [-0.3, -0.25) is 8.98 Å². The molecule has 2 atom stereocenters. The van der Waals surface area contributed by atoms with Gasteiger partial charge in [-0.25, -0.2) is 0 Å². The van der Waals surface area contributed by atoms with Crippen LogP contribution in [0.25, 0.3) is 0 Å². The molecule has 1 fully saturated rings. The predicted octanol–water partition coefficient (Wildman–Crippen LogP) is 0.951. The molecule has 1 heterocycles. The van der Waals surface area contributed by atoms with Crippen LogP contribution < -0.4 is 5.32 Å². The first-order chi connectivity index (χ1) is 9.37. The molecule has 1 amide bonds. The third-order valence-corrected chi connectivity index (χ3v) is 4.15. The zero-order valence-corrected chi connectivity index (χ0v) is 12.1. The molecule has 1 aliphatic heterocycles. The molecule has 0 bridgehead atoms. The second-order valence-corrected chi connectivity index (χ2v) is 6.37. The fourth-order valence-corrected chi connectivity index (χ4v) is 2.66. The van der Waals surface area contributed by atoms with Gasteiger partial charge in [-0.1, -0.05) is 17.7 Å². The minimum atomic E-state index is -3.77. The Morgan fingerprint density at radius 2 is 1.95 bits per heavy atom. The van der Waals surface area contributed by atoms with Gasteiger partial charge in [0.25, 0.3) is 10.1 Å². The van der Waals surface area contributed by atoms with Crippen molar-refractivity contribution in [1.82, 2.24) is 5.32 Å². The van der Waals surface area contributed by atoms with Crippen LogP contribution in [0.1, 0.15) is 18.9 Å². The van der Waals surface area contributed by atoms with E-state index in [-0.39, 0.29) is 23.6 Å². The smallest absolute Gasteiger partial charge is 0.297 e. The van der Waals surface area contributed by atoms with Crippen LogP contribution >= 0.6 is 0 Å². The topological polar surface area (TPSA) is 81.7 Å². The average Bonchev–Trinajstić information content (AvgIpc) is 2.35. The number of hydrogen-bond acceptors (Lipinski definition) is 5. The van der Waals surface area contributed by atoms with Gasteiger partial charge < -0.3 is 10.1 Å². The molecule has 6 nitrogen and oxygen atoms in total. The Bertz CT molecular complexity index is 573. The van der Waals surface area contributed by atoms with E-state index < -0.39 is 16.2 Å². The van der Waals surface area contributed by atoms with E-state index in [1.807, 2.05) is 6.92 Å². The highest BCUT2D eigenvalue weighted by Crippen LogP contribution is 2.15. The Morgan fingerprint density at radius 1 is 1.35 bits per heavy atom. The predicted molar refractivity (Wildman–Crippen MR) is 71.4 cm³/mol. The summed E-state index contributed by atoms with van der Waals surface area (Å²) in [7, 11) is -3.77. The molecule has 7 heteroatoms. The molecule has 2 rings (SSSR count). The summed E-state index contributed by atoms with van der Waals surface area (Å²) in [5.41, 5.74) is 0.973. The minimum Gasteiger partial charge on any atom is -0.353 e. The largest absolute Gasteiger partial charge is 0.353 e. The van der Waals surface area contributed by atoms with E-state index in [0.717, 1.165) is 5.56 Å². The maximum Gasteiger partial charge on any atom is 0.297 e. The number of hydrogen-bond donors (Lipinski definition) is 1. The van der Waals surface area contributed by atoms with Gasteiger partial charge in [0.15, 0.2) is 0 Å². The average molecular weight is 299 g/mol. The van der Waals surface area contributed by atoms with Crippen LogP contribution in [-0.2, 0) is 23.8 Å². The lowest BCUT2D eigenvalue weighted by Crippen LogP contribution is -2.51. The summed E-state index contributed by atoms with van der Waals surface area (Å²) < 4.78 is 34.2. The number of amides is 1. The van der Waals surface area contributed by atoms with E-state index in [4.69, 9.17) is 8.92 Å². The highest BCUT2D eigenvalue weighted by Gasteiger charge is 2.28. The highest BCUT2D eigenvalue weighted by atomic mass is 32.2. The first-order valence-electron chi connectivity index (χ1n) is 6.28. The maximum atomic E-state index is 11.9. The summed E-state index contributed by atoms with van der Waals surface area (Å²) in [6, 6.07) is 6.42. The number of nitrogens with one attached hydrogen (secondary N) is 1. The Balaban J connectivity index is 1.85. The number of carbonyl (C=O) groups excluding carboxylic acids is 1.